The number of anilines is 2. The fraction of sp³-hybridized carbons (Fsp3) is 0.607. The molecule has 0 bridgehead atoms. The Labute approximate surface area is 218 Å². The number of pyridine rings is 1. The first-order chi connectivity index (χ1) is 17.8. The maximum Gasteiger partial charge on any atom is 0.224 e. The molecule has 2 aliphatic rings. The molecule has 5 rings (SSSR count). The molecule has 1 aliphatic heterocycles. The van der Waals surface area contributed by atoms with Gasteiger partial charge in [-0.3, -0.25) is 4.98 Å². The summed E-state index contributed by atoms with van der Waals surface area (Å²) in [5.41, 5.74) is 3.38. The zero-order valence-electron chi connectivity index (χ0n) is 22.5. The van der Waals surface area contributed by atoms with Crippen LogP contribution in [0.15, 0.2) is 22.7 Å². The molecular formula is C28H39N5O4. The number of hydrogen-bond donors (Lipinski definition) is 3. The molecular weight excluding hydrogens is 470 g/mol. The van der Waals surface area contributed by atoms with Crippen LogP contribution in [0.2, 0.25) is 0 Å². The number of rotatable bonds is 10. The summed E-state index contributed by atoms with van der Waals surface area (Å²) in [5, 5.41) is 18.1. The van der Waals surface area contributed by atoms with Crippen LogP contribution in [-0.2, 0) is 15.9 Å². The Bertz CT molecular complexity index is 1240. The van der Waals surface area contributed by atoms with Gasteiger partial charge in [0.1, 0.15) is 17.7 Å². The monoisotopic (exact) mass is 509 g/mol. The number of nitrogens with one attached hydrogen (secondary N) is 2. The zero-order chi connectivity index (χ0) is 26.2. The van der Waals surface area contributed by atoms with Crippen molar-refractivity contribution in [3.05, 3.63) is 29.7 Å². The Hall–Kier alpha value is -2.75. The molecule has 3 aromatic heterocycles. The summed E-state index contributed by atoms with van der Waals surface area (Å²) < 4.78 is 18.7. The third-order valence-electron chi connectivity index (χ3n) is 7.36. The van der Waals surface area contributed by atoms with E-state index in [9.17, 15) is 5.11 Å². The van der Waals surface area contributed by atoms with Crippen molar-refractivity contribution in [3.8, 4) is 11.3 Å². The summed E-state index contributed by atoms with van der Waals surface area (Å²) in [5.74, 6) is 1.26. The quantitative estimate of drug-likeness (QED) is 0.322. The molecule has 1 aliphatic carbocycles. The lowest BCUT2D eigenvalue weighted by Gasteiger charge is -2.25. The van der Waals surface area contributed by atoms with E-state index < -0.39 is 5.79 Å². The lowest BCUT2D eigenvalue weighted by Crippen LogP contribution is -2.35. The van der Waals surface area contributed by atoms with Crippen LogP contribution in [0.1, 0.15) is 64.8 Å². The first-order valence-electron chi connectivity index (χ1n) is 13.6. The first kappa shape index (κ1) is 25.9. The summed E-state index contributed by atoms with van der Waals surface area (Å²) in [6, 6.07) is 4.02. The zero-order valence-corrected chi connectivity index (χ0v) is 22.5. The predicted octanol–water partition coefficient (Wildman–Crippen LogP) is 5.07. The van der Waals surface area contributed by atoms with Gasteiger partial charge in [-0.2, -0.15) is 4.98 Å². The molecule has 4 atom stereocenters. The molecule has 0 unspecified atom stereocenters. The first-order valence-corrected chi connectivity index (χ1v) is 13.6. The minimum absolute atomic E-state index is 0.00737. The number of aryl methyl sites for hydroxylation is 2. The highest BCUT2D eigenvalue weighted by Crippen LogP contribution is 2.43. The van der Waals surface area contributed by atoms with E-state index >= 15 is 0 Å². The van der Waals surface area contributed by atoms with Gasteiger partial charge in [0.05, 0.1) is 29.6 Å². The molecule has 0 spiro atoms. The van der Waals surface area contributed by atoms with Crippen molar-refractivity contribution in [2.24, 2.45) is 5.92 Å². The number of unbranched alkanes of at least 4 members (excludes halogenated alkanes) is 2. The number of fused-ring (bicyclic) bond motifs is 2. The Morgan fingerprint density at radius 1 is 1.11 bits per heavy atom. The molecule has 4 heterocycles. The Morgan fingerprint density at radius 3 is 2.68 bits per heavy atom. The average Bonchev–Trinajstić information content (AvgIpc) is 3.51. The van der Waals surface area contributed by atoms with Crippen LogP contribution < -0.4 is 10.6 Å². The second-order valence-electron chi connectivity index (χ2n) is 10.7. The van der Waals surface area contributed by atoms with Crippen molar-refractivity contribution in [1.82, 2.24) is 15.0 Å². The van der Waals surface area contributed by atoms with Gasteiger partial charge >= 0.3 is 0 Å². The molecule has 2 fully saturated rings. The van der Waals surface area contributed by atoms with E-state index in [1.165, 1.54) is 0 Å². The normalized spacial score (nSPS) is 24.5. The highest BCUT2D eigenvalue weighted by Gasteiger charge is 2.54. The van der Waals surface area contributed by atoms with Crippen LogP contribution in [0, 0.1) is 12.8 Å². The van der Waals surface area contributed by atoms with Crippen LogP contribution in [0.25, 0.3) is 22.3 Å². The molecule has 0 radical (unpaired) electrons. The maximum atomic E-state index is 10.0. The van der Waals surface area contributed by atoms with Gasteiger partial charge in [-0.25, -0.2) is 4.98 Å². The van der Waals surface area contributed by atoms with Crippen LogP contribution >= 0.6 is 0 Å². The number of aliphatic hydroxyl groups is 1. The second-order valence-corrected chi connectivity index (χ2v) is 10.7. The number of nitrogens with zero attached hydrogens (tertiary/aromatic N) is 3. The molecule has 37 heavy (non-hydrogen) atoms. The smallest absolute Gasteiger partial charge is 0.224 e. The summed E-state index contributed by atoms with van der Waals surface area (Å²) >= 11 is 0. The van der Waals surface area contributed by atoms with Crippen LogP contribution in [-0.4, -0.2) is 57.2 Å². The second kappa shape index (κ2) is 10.6. The molecule has 0 aromatic carbocycles. The summed E-state index contributed by atoms with van der Waals surface area (Å²) in [7, 11) is 0. The minimum atomic E-state index is -0.692. The van der Waals surface area contributed by atoms with Gasteiger partial charge in [0, 0.05) is 30.1 Å². The van der Waals surface area contributed by atoms with Crippen molar-refractivity contribution in [2.75, 3.05) is 23.8 Å². The average molecular weight is 510 g/mol. The molecule has 9 nitrogen and oxygen atoms in total. The predicted molar refractivity (Wildman–Crippen MR) is 144 cm³/mol. The number of aliphatic hydroxyl groups excluding tert-OH is 1. The lowest BCUT2D eigenvalue weighted by atomic mass is 10.1. The Balaban J connectivity index is 1.51. The highest BCUT2D eigenvalue weighted by molar-refractivity contribution is 5.86. The molecule has 9 heteroatoms. The number of aromatic nitrogens is 3. The van der Waals surface area contributed by atoms with Gasteiger partial charge in [-0.05, 0) is 52.2 Å². The van der Waals surface area contributed by atoms with Gasteiger partial charge in [-0.1, -0.05) is 26.7 Å². The standard InChI is InChI=1S/C28H39N5O4/c1-6-8-9-10-29-27-31-16(3)23(21-13-17-11-19(7-2)30-14-22(17)35-21)26(33-27)32-20-12-18(15-34)24-25(20)37-28(4,5)36-24/h11,13-14,18,20,24-25,34H,6-10,12,15H2,1-5H3,(H2,29,31,32,33)/t18-,20-,24-,25+/m1/s1. The van der Waals surface area contributed by atoms with Gasteiger partial charge in [0.25, 0.3) is 0 Å². The van der Waals surface area contributed by atoms with Crippen molar-refractivity contribution < 1.29 is 19.0 Å². The van der Waals surface area contributed by atoms with Crippen molar-refractivity contribution in [2.45, 2.75) is 90.8 Å². The molecule has 1 saturated heterocycles. The summed E-state index contributed by atoms with van der Waals surface area (Å²) in [6.07, 6.45) is 6.37. The van der Waals surface area contributed by atoms with E-state index in [1.807, 2.05) is 26.8 Å². The van der Waals surface area contributed by atoms with Crippen molar-refractivity contribution in [1.29, 1.82) is 0 Å². The Morgan fingerprint density at radius 2 is 1.92 bits per heavy atom. The SMILES string of the molecule is CCCCCNc1nc(C)c(-c2cc3cc(CC)ncc3o2)c(N[C@@H]2C[C@H](CO)[C@H]3OC(C)(C)O[C@H]32)n1. The van der Waals surface area contributed by atoms with E-state index in [4.69, 9.17) is 23.9 Å². The van der Waals surface area contributed by atoms with E-state index in [2.05, 4.69) is 35.5 Å². The molecule has 1 saturated carbocycles. The van der Waals surface area contributed by atoms with Gasteiger partial charge in [0.2, 0.25) is 5.95 Å². The maximum absolute atomic E-state index is 10.0. The van der Waals surface area contributed by atoms with Crippen LogP contribution in [0.3, 0.4) is 0 Å². The fourth-order valence-electron chi connectivity index (χ4n) is 5.52. The van der Waals surface area contributed by atoms with Crippen LogP contribution in [0.5, 0.6) is 0 Å². The fourth-order valence-corrected chi connectivity index (χ4v) is 5.52. The number of furan rings is 1. The third kappa shape index (κ3) is 5.30. The molecule has 0 amide bonds. The topological polar surface area (TPSA) is 115 Å². The van der Waals surface area contributed by atoms with Gasteiger partial charge < -0.3 is 29.6 Å². The number of hydrogen-bond acceptors (Lipinski definition) is 9. The van der Waals surface area contributed by atoms with E-state index in [-0.39, 0.29) is 30.8 Å². The van der Waals surface area contributed by atoms with E-state index in [1.54, 1.807) is 6.20 Å². The number of ether oxygens (including phenoxy) is 2. The Kier molecular flexibility index (Phi) is 7.38. The van der Waals surface area contributed by atoms with E-state index in [0.717, 1.165) is 60.1 Å². The summed E-state index contributed by atoms with van der Waals surface area (Å²) in [4.78, 5) is 14.2. The molecule has 200 valence electrons. The van der Waals surface area contributed by atoms with Gasteiger partial charge in [0.15, 0.2) is 11.4 Å². The van der Waals surface area contributed by atoms with Gasteiger partial charge in [-0.15, -0.1) is 0 Å². The summed E-state index contributed by atoms with van der Waals surface area (Å²) in [6.45, 7) is 11.0. The highest BCUT2D eigenvalue weighted by atomic mass is 16.8. The van der Waals surface area contributed by atoms with Crippen LogP contribution in [0.4, 0.5) is 11.8 Å². The van der Waals surface area contributed by atoms with Crippen molar-refractivity contribution in [3.63, 3.8) is 0 Å². The largest absolute Gasteiger partial charge is 0.454 e. The van der Waals surface area contributed by atoms with E-state index in [0.29, 0.717) is 23.9 Å². The third-order valence-corrected chi connectivity index (χ3v) is 7.36. The molecule has 3 N–H and O–H groups in total. The molecule has 3 aromatic rings. The minimum Gasteiger partial charge on any atom is -0.454 e. The van der Waals surface area contributed by atoms with Crippen molar-refractivity contribution >= 4 is 22.7 Å². The lowest BCUT2D eigenvalue weighted by molar-refractivity contribution is -0.158.